The molecule has 0 aliphatic carbocycles. The summed E-state index contributed by atoms with van der Waals surface area (Å²) in [5.74, 6) is 5.18. The van der Waals surface area contributed by atoms with Gasteiger partial charge >= 0.3 is 0 Å². The lowest BCUT2D eigenvalue weighted by atomic mass is 10.00. The Morgan fingerprint density at radius 1 is 1.59 bits per heavy atom. The summed E-state index contributed by atoms with van der Waals surface area (Å²) in [5.41, 5.74) is 4.29. The number of hydrazine groups is 1. The summed E-state index contributed by atoms with van der Waals surface area (Å²) >= 11 is 5.97. The van der Waals surface area contributed by atoms with E-state index < -0.39 is 0 Å². The SMILES string of the molecule is C=C(C)CCC(Cc1c(F)cccc1Cl)NN. The molecule has 17 heavy (non-hydrogen) atoms. The van der Waals surface area contributed by atoms with Crippen LogP contribution in [-0.2, 0) is 6.42 Å². The molecule has 0 fully saturated rings. The zero-order chi connectivity index (χ0) is 12.8. The first-order valence-corrected chi connectivity index (χ1v) is 5.95. The zero-order valence-electron chi connectivity index (χ0n) is 9.97. The van der Waals surface area contributed by atoms with Crippen LogP contribution in [0.2, 0.25) is 5.02 Å². The van der Waals surface area contributed by atoms with E-state index in [1.807, 2.05) is 6.92 Å². The highest BCUT2D eigenvalue weighted by atomic mass is 35.5. The van der Waals surface area contributed by atoms with Crippen molar-refractivity contribution in [3.05, 3.63) is 46.8 Å². The highest BCUT2D eigenvalue weighted by Crippen LogP contribution is 2.21. The van der Waals surface area contributed by atoms with Crippen molar-refractivity contribution in [3.8, 4) is 0 Å². The number of benzene rings is 1. The standard InChI is InChI=1S/C13H18ClFN2/c1-9(2)6-7-10(17-16)8-11-12(14)4-3-5-13(11)15/h3-5,10,17H,1,6-8,16H2,2H3. The molecule has 2 nitrogen and oxygen atoms in total. The van der Waals surface area contributed by atoms with E-state index in [0.29, 0.717) is 17.0 Å². The van der Waals surface area contributed by atoms with Crippen LogP contribution in [0.25, 0.3) is 0 Å². The van der Waals surface area contributed by atoms with Crippen LogP contribution in [0, 0.1) is 5.82 Å². The van der Waals surface area contributed by atoms with Gasteiger partial charge in [0.05, 0.1) is 0 Å². The molecular formula is C13H18ClFN2. The van der Waals surface area contributed by atoms with Crippen LogP contribution < -0.4 is 11.3 Å². The monoisotopic (exact) mass is 256 g/mol. The molecule has 1 unspecified atom stereocenters. The van der Waals surface area contributed by atoms with Crippen LogP contribution in [0.5, 0.6) is 0 Å². The van der Waals surface area contributed by atoms with Crippen LogP contribution in [0.4, 0.5) is 4.39 Å². The van der Waals surface area contributed by atoms with Gasteiger partial charge in [-0.2, -0.15) is 0 Å². The summed E-state index contributed by atoms with van der Waals surface area (Å²) in [5, 5.41) is 0.445. The molecule has 0 saturated carbocycles. The number of hydrogen-bond donors (Lipinski definition) is 2. The van der Waals surface area contributed by atoms with Crippen molar-refractivity contribution in [1.82, 2.24) is 5.43 Å². The molecule has 1 aromatic carbocycles. The van der Waals surface area contributed by atoms with E-state index in [1.165, 1.54) is 6.07 Å². The quantitative estimate of drug-likeness (QED) is 0.466. The second-order valence-corrected chi connectivity index (χ2v) is 4.67. The van der Waals surface area contributed by atoms with Gasteiger partial charge in [-0.15, -0.1) is 6.58 Å². The lowest BCUT2D eigenvalue weighted by Gasteiger charge is -2.17. The third-order valence-corrected chi connectivity index (χ3v) is 3.02. The smallest absolute Gasteiger partial charge is 0.127 e. The van der Waals surface area contributed by atoms with Gasteiger partial charge in [0.2, 0.25) is 0 Å². The second kappa shape index (κ2) is 6.74. The maximum Gasteiger partial charge on any atom is 0.127 e. The van der Waals surface area contributed by atoms with Crippen molar-refractivity contribution in [3.63, 3.8) is 0 Å². The summed E-state index contributed by atoms with van der Waals surface area (Å²) in [4.78, 5) is 0. The van der Waals surface area contributed by atoms with E-state index in [4.69, 9.17) is 17.4 Å². The predicted molar refractivity (Wildman–Crippen MR) is 70.3 cm³/mol. The van der Waals surface area contributed by atoms with Crippen LogP contribution in [0.1, 0.15) is 25.3 Å². The normalized spacial score (nSPS) is 12.5. The number of allylic oxidation sites excluding steroid dienone is 1. The Hall–Kier alpha value is -0.900. The molecule has 0 bridgehead atoms. The van der Waals surface area contributed by atoms with Crippen LogP contribution in [-0.4, -0.2) is 6.04 Å². The van der Waals surface area contributed by atoms with Gasteiger partial charge in [0, 0.05) is 16.6 Å². The topological polar surface area (TPSA) is 38.0 Å². The maximum absolute atomic E-state index is 13.6. The van der Waals surface area contributed by atoms with Gasteiger partial charge in [-0.1, -0.05) is 23.2 Å². The summed E-state index contributed by atoms with van der Waals surface area (Å²) < 4.78 is 13.6. The molecule has 1 rings (SSSR count). The second-order valence-electron chi connectivity index (χ2n) is 4.26. The number of halogens is 2. The predicted octanol–water partition coefficient (Wildman–Crippen LogP) is 3.21. The van der Waals surface area contributed by atoms with Crippen LogP contribution in [0.3, 0.4) is 0 Å². The molecule has 0 saturated heterocycles. The largest absolute Gasteiger partial charge is 0.271 e. The molecule has 4 heteroatoms. The van der Waals surface area contributed by atoms with Gasteiger partial charge in [-0.25, -0.2) is 4.39 Å². The highest BCUT2D eigenvalue weighted by molar-refractivity contribution is 6.31. The van der Waals surface area contributed by atoms with E-state index >= 15 is 0 Å². The van der Waals surface area contributed by atoms with Gasteiger partial charge in [0.1, 0.15) is 5.82 Å². The minimum Gasteiger partial charge on any atom is -0.271 e. The molecule has 0 aliphatic heterocycles. The van der Waals surface area contributed by atoms with Crippen molar-refractivity contribution in [2.75, 3.05) is 0 Å². The van der Waals surface area contributed by atoms with Crippen molar-refractivity contribution >= 4 is 11.6 Å². The third-order valence-electron chi connectivity index (χ3n) is 2.67. The molecular weight excluding hydrogens is 239 g/mol. The molecule has 94 valence electrons. The molecule has 1 atom stereocenters. The van der Waals surface area contributed by atoms with Crippen molar-refractivity contribution in [2.24, 2.45) is 5.84 Å². The minimum absolute atomic E-state index is 0.00102. The maximum atomic E-state index is 13.6. The first-order chi connectivity index (χ1) is 8.04. The summed E-state index contributed by atoms with van der Waals surface area (Å²) in [6, 6.07) is 4.70. The number of rotatable bonds is 6. The van der Waals surface area contributed by atoms with Crippen LogP contribution >= 0.6 is 11.6 Å². The van der Waals surface area contributed by atoms with Crippen molar-refractivity contribution in [2.45, 2.75) is 32.2 Å². The van der Waals surface area contributed by atoms with Crippen molar-refractivity contribution in [1.29, 1.82) is 0 Å². The van der Waals surface area contributed by atoms with Gasteiger partial charge < -0.3 is 0 Å². The van der Waals surface area contributed by atoms with Gasteiger partial charge in [0.15, 0.2) is 0 Å². The van der Waals surface area contributed by atoms with E-state index in [2.05, 4.69) is 12.0 Å². The Bertz CT molecular complexity index is 373. The lowest BCUT2D eigenvalue weighted by molar-refractivity contribution is 0.479. The molecule has 1 aromatic rings. The Kier molecular flexibility index (Phi) is 5.62. The van der Waals surface area contributed by atoms with Gasteiger partial charge in [-0.3, -0.25) is 11.3 Å². The fourth-order valence-corrected chi connectivity index (χ4v) is 1.88. The number of nitrogens with two attached hydrogens (primary N) is 1. The first kappa shape index (κ1) is 14.2. The average Bonchev–Trinajstić information content (AvgIpc) is 2.27. The fraction of sp³-hybridized carbons (Fsp3) is 0.385. The van der Waals surface area contributed by atoms with E-state index in [0.717, 1.165) is 18.4 Å². The Labute approximate surface area is 107 Å². The molecule has 0 aliphatic rings. The lowest BCUT2D eigenvalue weighted by Crippen LogP contribution is -2.37. The van der Waals surface area contributed by atoms with E-state index in [-0.39, 0.29) is 11.9 Å². The highest BCUT2D eigenvalue weighted by Gasteiger charge is 2.13. The molecule has 0 aromatic heterocycles. The first-order valence-electron chi connectivity index (χ1n) is 5.58. The number of hydrogen-bond acceptors (Lipinski definition) is 2. The Balaban J connectivity index is 2.70. The zero-order valence-corrected chi connectivity index (χ0v) is 10.7. The van der Waals surface area contributed by atoms with Crippen LogP contribution in [0.15, 0.2) is 30.4 Å². The summed E-state index contributed by atoms with van der Waals surface area (Å²) in [6.45, 7) is 5.80. The van der Waals surface area contributed by atoms with E-state index in [1.54, 1.807) is 12.1 Å². The molecule has 0 radical (unpaired) electrons. The molecule has 0 amide bonds. The molecule has 0 spiro atoms. The Morgan fingerprint density at radius 2 is 2.29 bits per heavy atom. The van der Waals surface area contributed by atoms with E-state index in [9.17, 15) is 4.39 Å². The van der Waals surface area contributed by atoms with Gasteiger partial charge in [-0.05, 0) is 38.3 Å². The van der Waals surface area contributed by atoms with Gasteiger partial charge in [0.25, 0.3) is 0 Å². The molecule has 3 N–H and O–H groups in total. The summed E-state index contributed by atoms with van der Waals surface area (Å²) in [7, 11) is 0. The van der Waals surface area contributed by atoms with Crippen molar-refractivity contribution < 1.29 is 4.39 Å². The molecule has 0 heterocycles. The minimum atomic E-state index is -0.284. The fourth-order valence-electron chi connectivity index (χ4n) is 1.64. The average molecular weight is 257 g/mol. The summed E-state index contributed by atoms with van der Waals surface area (Å²) in [6.07, 6.45) is 2.16. The Morgan fingerprint density at radius 3 is 2.82 bits per heavy atom. The third kappa shape index (κ3) is 4.46. The number of nitrogens with one attached hydrogen (secondary N) is 1.